The summed E-state index contributed by atoms with van der Waals surface area (Å²) in [5.41, 5.74) is -0.850. The van der Waals surface area contributed by atoms with Crippen LogP contribution in [0.5, 0.6) is 0 Å². The molecule has 1 rings (SSSR count). The fraction of sp³-hybridized carbons (Fsp3) is 0.474. The number of carbonyl (C=O) groups excluding carboxylic acids is 1. The number of amides is 1. The van der Waals surface area contributed by atoms with Crippen LogP contribution in [-0.2, 0) is 11.0 Å². The van der Waals surface area contributed by atoms with Crippen LogP contribution >= 0.6 is 0 Å². The van der Waals surface area contributed by atoms with Crippen molar-refractivity contribution in [1.29, 1.82) is 5.26 Å². The van der Waals surface area contributed by atoms with E-state index in [4.69, 9.17) is 5.26 Å². The lowest BCUT2D eigenvalue weighted by Gasteiger charge is -2.07. The number of carbonyl (C=O) groups is 1. The van der Waals surface area contributed by atoms with E-state index in [0.717, 1.165) is 31.4 Å². The Hall–Kier alpha value is -2.29. The van der Waals surface area contributed by atoms with Gasteiger partial charge in [0.1, 0.15) is 11.6 Å². The first kappa shape index (κ1) is 20.8. The smallest absolute Gasteiger partial charge is 0.351 e. The molecule has 0 aliphatic rings. The molecule has 25 heavy (non-hydrogen) atoms. The van der Waals surface area contributed by atoms with Crippen LogP contribution in [0, 0.1) is 11.3 Å². The predicted molar refractivity (Wildman–Crippen MR) is 91.4 cm³/mol. The summed E-state index contributed by atoms with van der Waals surface area (Å²) in [6, 6.07) is 6.28. The molecule has 0 aliphatic carbocycles. The molecule has 0 spiro atoms. The van der Waals surface area contributed by atoms with E-state index in [1.165, 1.54) is 37.5 Å². The normalized spacial score (nSPS) is 11.9. The highest BCUT2D eigenvalue weighted by Crippen LogP contribution is 2.29. The Labute approximate surface area is 146 Å². The molecule has 0 atom stereocenters. The third-order valence-corrected chi connectivity index (χ3v) is 3.71. The van der Waals surface area contributed by atoms with Gasteiger partial charge in [-0.1, -0.05) is 51.2 Å². The highest BCUT2D eigenvalue weighted by molar-refractivity contribution is 6.01. The van der Waals surface area contributed by atoms with Crippen LogP contribution < -0.4 is 5.32 Å². The molecule has 3 nitrogen and oxygen atoms in total. The van der Waals surface area contributed by atoms with E-state index in [2.05, 4.69) is 12.2 Å². The topological polar surface area (TPSA) is 52.9 Å². The number of alkyl halides is 3. The maximum absolute atomic E-state index is 12.7. The lowest BCUT2D eigenvalue weighted by atomic mass is 10.1. The van der Waals surface area contributed by atoms with Gasteiger partial charge in [0.2, 0.25) is 0 Å². The molecular formula is C19H23F3N2O. The number of nitrogens with one attached hydrogen (secondary N) is 1. The summed E-state index contributed by atoms with van der Waals surface area (Å²) < 4.78 is 38.1. The highest BCUT2D eigenvalue weighted by Gasteiger charge is 2.30. The first-order chi connectivity index (χ1) is 11.9. The van der Waals surface area contributed by atoms with Crippen LogP contribution in [0.25, 0.3) is 6.08 Å². The molecule has 0 unspecified atom stereocenters. The monoisotopic (exact) mass is 352 g/mol. The molecule has 136 valence electrons. The number of benzene rings is 1. The molecule has 0 saturated heterocycles. The zero-order valence-corrected chi connectivity index (χ0v) is 14.3. The molecule has 6 heteroatoms. The summed E-state index contributed by atoms with van der Waals surface area (Å²) in [5.74, 6) is -0.562. The molecule has 0 fully saturated rings. The van der Waals surface area contributed by atoms with Gasteiger partial charge in [0.25, 0.3) is 5.91 Å². The minimum absolute atomic E-state index is 0.168. The van der Waals surface area contributed by atoms with Crippen LogP contribution in [0.1, 0.15) is 56.6 Å². The van der Waals surface area contributed by atoms with Gasteiger partial charge >= 0.3 is 6.18 Å². The van der Waals surface area contributed by atoms with Crippen molar-refractivity contribution in [3.8, 4) is 6.07 Å². The van der Waals surface area contributed by atoms with Crippen molar-refractivity contribution in [2.24, 2.45) is 0 Å². The van der Waals surface area contributed by atoms with Crippen LogP contribution in [0.2, 0.25) is 0 Å². The van der Waals surface area contributed by atoms with E-state index in [1.807, 2.05) is 0 Å². The highest BCUT2D eigenvalue weighted by atomic mass is 19.4. The Bertz CT molecular complexity index is 630. The summed E-state index contributed by atoms with van der Waals surface area (Å²) in [5, 5.41) is 11.7. The lowest BCUT2D eigenvalue weighted by Crippen LogP contribution is -2.25. The maximum Gasteiger partial charge on any atom is 0.416 e. The molecular weight excluding hydrogens is 329 g/mol. The van der Waals surface area contributed by atoms with Crippen molar-refractivity contribution in [3.63, 3.8) is 0 Å². The Morgan fingerprint density at radius 1 is 1.20 bits per heavy atom. The minimum atomic E-state index is -4.46. The van der Waals surface area contributed by atoms with Gasteiger partial charge in [-0.2, -0.15) is 18.4 Å². The predicted octanol–water partition coefficient (Wildman–Crippen LogP) is 5.09. The molecule has 0 radical (unpaired) electrons. The van der Waals surface area contributed by atoms with E-state index in [1.54, 1.807) is 6.07 Å². The van der Waals surface area contributed by atoms with E-state index in [-0.39, 0.29) is 11.1 Å². The summed E-state index contributed by atoms with van der Waals surface area (Å²) >= 11 is 0. The number of hydrogen-bond acceptors (Lipinski definition) is 2. The van der Waals surface area contributed by atoms with Gasteiger partial charge in [-0.3, -0.25) is 4.79 Å². The Kier molecular flexibility index (Phi) is 8.76. The zero-order chi connectivity index (χ0) is 18.7. The Morgan fingerprint density at radius 2 is 1.88 bits per heavy atom. The molecule has 1 aromatic carbocycles. The van der Waals surface area contributed by atoms with E-state index < -0.39 is 17.6 Å². The fourth-order valence-corrected chi connectivity index (χ4v) is 2.32. The fourth-order valence-electron chi connectivity index (χ4n) is 2.32. The second-order valence-electron chi connectivity index (χ2n) is 5.82. The summed E-state index contributed by atoms with van der Waals surface area (Å²) in [4.78, 5) is 12.0. The van der Waals surface area contributed by atoms with Crippen molar-refractivity contribution in [3.05, 3.63) is 41.0 Å². The van der Waals surface area contributed by atoms with Crippen molar-refractivity contribution >= 4 is 12.0 Å². The molecule has 1 amide bonds. The molecule has 0 aliphatic heterocycles. The molecule has 0 bridgehead atoms. The van der Waals surface area contributed by atoms with Crippen molar-refractivity contribution in [2.75, 3.05) is 6.54 Å². The van der Waals surface area contributed by atoms with Gasteiger partial charge in [0.15, 0.2) is 0 Å². The number of nitrogens with zero attached hydrogens (tertiary/aromatic N) is 1. The van der Waals surface area contributed by atoms with Gasteiger partial charge in [-0.25, -0.2) is 0 Å². The van der Waals surface area contributed by atoms with Crippen LogP contribution in [-0.4, -0.2) is 12.5 Å². The summed E-state index contributed by atoms with van der Waals surface area (Å²) in [6.45, 7) is 2.59. The number of hydrogen-bond donors (Lipinski definition) is 1. The second kappa shape index (κ2) is 10.5. The molecule has 0 aromatic heterocycles. The van der Waals surface area contributed by atoms with E-state index >= 15 is 0 Å². The molecule has 1 aromatic rings. The summed E-state index contributed by atoms with van der Waals surface area (Å²) in [7, 11) is 0. The van der Waals surface area contributed by atoms with Gasteiger partial charge in [-0.05, 0) is 30.2 Å². The van der Waals surface area contributed by atoms with Crippen molar-refractivity contribution in [2.45, 2.75) is 51.6 Å². The van der Waals surface area contributed by atoms with Crippen molar-refractivity contribution in [1.82, 2.24) is 5.32 Å². The Morgan fingerprint density at radius 3 is 2.52 bits per heavy atom. The summed E-state index contributed by atoms with van der Waals surface area (Å²) in [6.07, 6.45) is 3.17. The Balaban J connectivity index is 2.59. The van der Waals surface area contributed by atoms with Crippen LogP contribution in [0.15, 0.2) is 29.8 Å². The van der Waals surface area contributed by atoms with Gasteiger partial charge < -0.3 is 5.32 Å². The maximum atomic E-state index is 12.7. The minimum Gasteiger partial charge on any atom is -0.351 e. The van der Waals surface area contributed by atoms with Crippen LogP contribution in [0.4, 0.5) is 13.2 Å². The number of halogens is 3. The number of rotatable bonds is 9. The first-order valence-corrected chi connectivity index (χ1v) is 8.45. The SMILES string of the molecule is CCCCCCCCNC(=O)C(C#N)=Cc1cccc(C(F)(F)F)c1. The van der Waals surface area contributed by atoms with Gasteiger partial charge in [0.05, 0.1) is 5.56 Å². The molecule has 1 N–H and O–H groups in total. The largest absolute Gasteiger partial charge is 0.416 e. The third kappa shape index (κ3) is 7.88. The van der Waals surface area contributed by atoms with E-state index in [9.17, 15) is 18.0 Å². The standard InChI is InChI=1S/C19H23F3N2O/c1-2-3-4-5-6-7-11-24-18(25)16(14-23)12-15-9-8-10-17(13-15)19(20,21)22/h8-10,12-13H,2-7,11H2,1H3,(H,24,25). The van der Waals surface area contributed by atoms with E-state index in [0.29, 0.717) is 6.54 Å². The number of nitriles is 1. The molecule has 0 saturated carbocycles. The molecule has 0 heterocycles. The zero-order valence-electron chi connectivity index (χ0n) is 14.3. The van der Waals surface area contributed by atoms with Crippen LogP contribution in [0.3, 0.4) is 0 Å². The average molecular weight is 352 g/mol. The second-order valence-corrected chi connectivity index (χ2v) is 5.82. The quantitative estimate of drug-likeness (QED) is 0.382. The third-order valence-electron chi connectivity index (χ3n) is 3.71. The number of unbranched alkanes of at least 4 members (excludes halogenated alkanes) is 5. The van der Waals surface area contributed by atoms with Gasteiger partial charge in [-0.15, -0.1) is 0 Å². The first-order valence-electron chi connectivity index (χ1n) is 8.45. The lowest BCUT2D eigenvalue weighted by molar-refractivity contribution is -0.137. The average Bonchev–Trinajstić information content (AvgIpc) is 2.58. The van der Waals surface area contributed by atoms with Crippen molar-refractivity contribution < 1.29 is 18.0 Å². The van der Waals surface area contributed by atoms with Gasteiger partial charge in [0, 0.05) is 6.54 Å².